The molecule has 0 fully saturated rings. The number of benzene rings is 3. The largest absolute Gasteiger partial charge is 0.272 e. The van der Waals surface area contributed by atoms with E-state index >= 15 is 0 Å². The molecular weight excluding hydrogens is 230 g/mol. The van der Waals surface area contributed by atoms with E-state index in [1.807, 2.05) is 13.1 Å². The van der Waals surface area contributed by atoms with Crippen molar-refractivity contribution in [3.05, 3.63) is 59.0 Å². The van der Waals surface area contributed by atoms with E-state index in [2.05, 4.69) is 66.3 Å². The Balaban J connectivity index is 2.49. The van der Waals surface area contributed by atoms with Gasteiger partial charge in [-0.3, -0.25) is 4.99 Å². The average Bonchev–Trinajstić information content (AvgIpc) is 2.45. The fourth-order valence-electron chi connectivity index (χ4n) is 2.49. The molecule has 92 valence electrons. The third kappa shape index (κ3) is 2.04. The number of nitrogens with zero attached hydrogens (tertiary/aromatic N) is 1. The second-order valence-electron chi connectivity index (χ2n) is 4.63. The minimum atomic E-state index is 1.11. The Morgan fingerprint density at radius 1 is 0.842 bits per heavy atom. The molecule has 0 aromatic heterocycles. The van der Waals surface area contributed by atoms with Crippen LogP contribution in [0.2, 0.25) is 0 Å². The van der Waals surface area contributed by atoms with Crippen molar-refractivity contribution in [1.82, 2.24) is 0 Å². The van der Waals surface area contributed by atoms with Gasteiger partial charge in [0.1, 0.15) is 0 Å². The third-order valence-electron chi connectivity index (χ3n) is 3.45. The molecule has 1 heteroatoms. The van der Waals surface area contributed by atoms with Crippen molar-refractivity contribution < 1.29 is 0 Å². The standard InChI is InChI=1S/C18H15N/c1-3-13-8-16-9-14-6-4-5-7-15(14)10-17(16)11-18(13)12-19-2/h3-12H,2H2,1H3/b13-3-,18-12-. The van der Waals surface area contributed by atoms with Crippen LogP contribution in [0.15, 0.2) is 53.5 Å². The van der Waals surface area contributed by atoms with Gasteiger partial charge in [-0.1, -0.05) is 30.3 Å². The minimum absolute atomic E-state index is 1.11. The molecule has 1 nitrogen and oxygen atoms in total. The summed E-state index contributed by atoms with van der Waals surface area (Å²) in [4.78, 5) is 3.89. The number of aliphatic imine (C=N–C) groups is 1. The van der Waals surface area contributed by atoms with E-state index in [-0.39, 0.29) is 0 Å². The van der Waals surface area contributed by atoms with Crippen LogP contribution in [-0.4, -0.2) is 6.72 Å². The molecular formula is C18H15N. The summed E-state index contributed by atoms with van der Waals surface area (Å²) in [6.07, 6.45) is 3.91. The summed E-state index contributed by atoms with van der Waals surface area (Å²) < 4.78 is 0. The first-order valence-corrected chi connectivity index (χ1v) is 6.37. The topological polar surface area (TPSA) is 12.4 Å². The summed E-state index contributed by atoms with van der Waals surface area (Å²) in [7, 11) is 0. The molecule has 3 aromatic rings. The summed E-state index contributed by atoms with van der Waals surface area (Å²) >= 11 is 0. The SMILES string of the molecule is C=N/C=c1/cc2cc3ccccc3cc2c/c1=C/C. The van der Waals surface area contributed by atoms with E-state index < -0.39 is 0 Å². The maximum absolute atomic E-state index is 3.89. The van der Waals surface area contributed by atoms with Gasteiger partial charge in [-0.2, -0.15) is 0 Å². The van der Waals surface area contributed by atoms with Crippen LogP contribution < -0.4 is 10.4 Å². The molecule has 0 atom stereocenters. The summed E-state index contributed by atoms with van der Waals surface area (Å²) in [6, 6.07) is 17.3. The monoisotopic (exact) mass is 245 g/mol. The lowest BCUT2D eigenvalue weighted by Gasteiger charge is -2.03. The van der Waals surface area contributed by atoms with Gasteiger partial charge >= 0.3 is 0 Å². The highest BCUT2D eigenvalue weighted by Crippen LogP contribution is 2.20. The molecule has 3 aromatic carbocycles. The molecule has 0 amide bonds. The smallest absolute Gasteiger partial charge is 0.0339 e. The lowest BCUT2D eigenvalue weighted by molar-refractivity contribution is 1.53. The normalized spacial score (nSPS) is 13.3. The van der Waals surface area contributed by atoms with Crippen molar-refractivity contribution >= 4 is 40.5 Å². The fraction of sp³-hybridized carbons (Fsp3) is 0.0556. The van der Waals surface area contributed by atoms with E-state index in [4.69, 9.17) is 0 Å². The maximum Gasteiger partial charge on any atom is 0.0339 e. The predicted octanol–water partition coefficient (Wildman–Crippen LogP) is 3.23. The van der Waals surface area contributed by atoms with Crippen LogP contribution >= 0.6 is 0 Å². The van der Waals surface area contributed by atoms with Crippen LogP contribution in [0, 0.1) is 0 Å². The Bertz CT molecular complexity index is 889. The molecule has 0 aliphatic heterocycles. The summed E-state index contributed by atoms with van der Waals surface area (Å²) in [5, 5.41) is 7.33. The molecule has 3 rings (SSSR count). The summed E-state index contributed by atoms with van der Waals surface area (Å²) in [6.45, 7) is 5.59. The molecule has 0 spiro atoms. The summed E-state index contributed by atoms with van der Waals surface area (Å²) in [5.74, 6) is 0. The van der Waals surface area contributed by atoms with Crippen LogP contribution in [0.5, 0.6) is 0 Å². The van der Waals surface area contributed by atoms with Crippen molar-refractivity contribution in [1.29, 1.82) is 0 Å². The number of rotatable bonds is 1. The summed E-state index contributed by atoms with van der Waals surface area (Å²) in [5.41, 5.74) is 0. The molecule has 0 saturated carbocycles. The highest BCUT2D eigenvalue weighted by atomic mass is 14.6. The molecule has 19 heavy (non-hydrogen) atoms. The first-order chi connectivity index (χ1) is 9.31. The molecule has 0 aliphatic rings. The van der Waals surface area contributed by atoms with Crippen LogP contribution in [0.4, 0.5) is 0 Å². The molecule has 0 radical (unpaired) electrons. The van der Waals surface area contributed by atoms with E-state index in [0.717, 1.165) is 5.22 Å². The maximum atomic E-state index is 3.89. The van der Waals surface area contributed by atoms with Gasteiger partial charge in [0.15, 0.2) is 0 Å². The molecule has 0 heterocycles. The van der Waals surface area contributed by atoms with E-state index in [9.17, 15) is 0 Å². The Morgan fingerprint density at radius 3 is 1.95 bits per heavy atom. The zero-order chi connectivity index (χ0) is 13.2. The second-order valence-corrected chi connectivity index (χ2v) is 4.63. The van der Waals surface area contributed by atoms with Crippen LogP contribution in [0.3, 0.4) is 0 Å². The number of hydrogen-bond donors (Lipinski definition) is 0. The van der Waals surface area contributed by atoms with Gasteiger partial charge in [0.25, 0.3) is 0 Å². The second kappa shape index (κ2) is 4.69. The highest BCUT2D eigenvalue weighted by molar-refractivity contribution is 5.98. The molecule has 0 aliphatic carbocycles. The lowest BCUT2D eigenvalue weighted by Crippen LogP contribution is -2.23. The Morgan fingerprint density at radius 2 is 1.42 bits per heavy atom. The molecule has 0 saturated heterocycles. The van der Waals surface area contributed by atoms with Gasteiger partial charge in [0.05, 0.1) is 0 Å². The van der Waals surface area contributed by atoms with Gasteiger partial charge in [0.2, 0.25) is 0 Å². The third-order valence-corrected chi connectivity index (χ3v) is 3.45. The molecule has 0 bridgehead atoms. The van der Waals surface area contributed by atoms with Crippen LogP contribution in [-0.2, 0) is 0 Å². The van der Waals surface area contributed by atoms with Crippen LogP contribution in [0.1, 0.15) is 6.92 Å². The fourth-order valence-corrected chi connectivity index (χ4v) is 2.49. The number of fused-ring (bicyclic) bond motifs is 2. The van der Waals surface area contributed by atoms with Crippen molar-refractivity contribution in [2.45, 2.75) is 6.92 Å². The Kier molecular flexibility index (Phi) is 2.88. The van der Waals surface area contributed by atoms with Crippen molar-refractivity contribution in [2.24, 2.45) is 4.99 Å². The van der Waals surface area contributed by atoms with Crippen LogP contribution in [0.25, 0.3) is 33.8 Å². The van der Waals surface area contributed by atoms with E-state index in [0.29, 0.717) is 0 Å². The quantitative estimate of drug-likeness (QED) is 0.461. The first kappa shape index (κ1) is 11.7. The first-order valence-electron chi connectivity index (χ1n) is 6.37. The van der Waals surface area contributed by atoms with E-state index in [1.165, 1.54) is 26.8 Å². The van der Waals surface area contributed by atoms with Gasteiger partial charge in [0, 0.05) is 11.4 Å². The number of hydrogen-bond acceptors (Lipinski definition) is 1. The van der Waals surface area contributed by atoms with E-state index in [1.54, 1.807) is 0 Å². The average molecular weight is 245 g/mol. The lowest BCUT2D eigenvalue weighted by atomic mass is 10.0. The van der Waals surface area contributed by atoms with Gasteiger partial charge in [-0.15, -0.1) is 0 Å². The van der Waals surface area contributed by atoms with Gasteiger partial charge in [-0.25, -0.2) is 0 Å². The Hall–Kier alpha value is -2.41. The molecule has 0 unspecified atom stereocenters. The van der Waals surface area contributed by atoms with Crippen molar-refractivity contribution in [2.75, 3.05) is 0 Å². The van der Waals surface area contributed by atoms with Crippen molar-refractivity contribution in [3.8, 4) is 0 Å². The Labute approximate surface area is 112 Å². The zero-order valence-corrected chi connectivity index (χ0v) is 10.9. The van der Waals surface area contributed by atoms with Crippen molar-refractivity contribution in [3.63, 3.8) is 0 Å². The highest BCUT2D eigenvalue weighted by Gasteiger charge is 1.98. The predicted molar refractivity (Wildman–Crippen MR) is 84.9 cm³/mol. The minimum Gasteiger partial charge on any atom is -0.272 e. The van der Waals surface area contributed by atoms with Gasteiger partial charge in [-0.05, 0) is 64.7 Å². The zero-order valence-electron chi connectivity index (χ0n) is 10.9. The molecule has 0 N–H and O–H groups in total. The van der Waals surface area contributed by atoms with Gasteiger partial charge < -0.3 is 0 Å².